The summed E-state index contributed by atoms with van der Waals surface area (Å²) in [6.45, 7) is 0.463. The third-order valence-corrected chi connectivity index (χ3v) is 2.67. The molecule has 0 saturated heterocycles. The predicted octanol–water partition coefficient (Wildman–Crippen LogP) is 4.57. The van der Waals surface area contributed by atoms with Crippen molar-refractivity contribution in [2.75, 3.05) is 0 Å². The molecule has 0 spiro atoms. The molecule has 0 aliphatic heterocycles. The Bertz CT molecular complexity index is 483. The van der Waals surface area contributed by atoms with Crippen molar-refractivity contribution in [3.05, 3.63) is 64.1 Å². The molecule has 16 heavy (non-hydrogen) atoms. The van der Waals surface area contributed by atoms with Gasteiger partial charge in [-0.15, -0.1) is 0 Å². The Hall–Kier alpha value is -1.18. The maximum Gasteiger partial charge on any atom is 0.138 e. The maximum absolute atomic E-state index is 5.97. The average molecular weight is 253 g/mol. The first-order valence-electron chi connectivity index (χ1n) is 4.87. The Kier molecular flexibility index (Phi) is 3.70. The Labute approximate surface area is 105 Å². The van der Waals surface area contributed by atoms with E-state index in [1.807, 2.05) is 42.5 Å². The molecule has 0 saturated carbocycles. The summed E-state index contributed by atoms with van der Waals surface area (Å²) in [7, 11) is 0. The van der Waals surface area contributed by atoms with Crippen molar-refractivity contribution in [1.29, 1.82) is 0 Å². The molecule has 2 aromatic rings. The van der Waals surface area contributed by atoms with E-state index < -0.39 is 0 Å². The lowest BCUT2D eigenvalue weighted by molar-refractivity contribution is 0.306. The second-order valence-corrected chi connectivity index (χ2v) is 4.19. The van der Waals surface area contributed by atoms with Crippen LogP contribution >= 0.6 is 23.2 Å². The Balaban J connectivity index is 2.05. The summed E-state index contributed by atoms with van der Waals surface area (Å²) >= 11 is 11.8. The molecule has 0 atom stereocenters. The van der Waals surface area contributed by atoms with Crippen LogP contribution in [-0.4, -0.2) is 0 Å². The van der Waals surface area contributed by atoms with E-state index >= 15 is 0 Å². The first kappa shape index (κ1) is 11.3. The number of benzene rings is 2. The molecule has 0 fully saturated rings. The summed E-state index contributed by atoms with van der Waals surface area (Å²) in [5.74, 6) is 0.684. The summed E-state index contributed by atoms with van der Waals surface area (Å²) in [6, 6.07) is 15.0. The molecule has 3 heteroatoms. The SMILES string of the molecule is Clc1cccc(COc2ccccc2Cl)c1. The summed E-state index contributed by atoms with van der Waals surface area (Å²) in [4.78, 5) is 0. The Morgan fingerprint density at radius 3 is 2.50 bits per heavy atom. The van der Waals surface area contributed by atoms with E-state index in [0.29, 0.717) is 22.4 Å². The molecule has 0 aromatic heterocycles. The number of hydrogen-bond donors (Lipinski definition) is 0. The number of hydrogen-bond acceptors (Lipinski definition) is 1. The number of halogens is 2. The minimum absolute atomic E-state index is 0.463. The van der Waals surface area contributed by atoms with Crippen LogP contribution in [0.5, 0.6) is 5.75 Å². The molecule has 82 valence electrons. The largest absolute Gasteiger partial charge is 0.487 e. The predicted molar refractivity (Wildman–Crippen MR) is 67.2 cm³/mol. The van der Waals surface area contributed by atoms with Gasteiger partial charge in [-0.25, -0.2) is 0 Å². The third kappa shape index (κ3) is 2.91. The quantitative estimate of drug-likeness (QED) is 0.778. The third-order valence-electron chi connectivity index (χ3n) is 2.12. The lowest BCUT2D eigenvalue weighted by Gasteiger charge is -2.07. The van der Waals surface area contributed by atoms with Gasteiger partial charge < -0.3 is 4.74 Å². The molecule has 0 unspecified atom stereocenters. The molecule has 0 aliphatic carbocycles. The van der Waals surface area contributed by atoms with Crippen molar-refractivity contribution in [3.8, 4) is 5.75 Å². The summed E-state index contributed by atoms with van der Waals surface area (Å²) < 4.78 is 5.59. The minimum atomic E-state index is 0.463. The van der Waals surface area contributed by atoms with Crippen molar-refractivity contribution in [1.82, 2.24) is 0 Å². The fourth-order valence-electron chi connectivity index (χ4n) is 1.35. The molecule has 0 aliphatic rings. The molecule has 2 rings (SSSR count). The molecular formula is C13H10Cl2O. The Morgan fingerprint density at radius 2 is 1.75 bits per heavy atom. The zero-order valence-electron chi connectivity index (χ0n) is 8.49. The molecule has 0 N–H and O–H groups in total. The van der Waals surface area contributed by atoms with E-state index in [1.165, 1.54) is 0 Å². The van der Waals surface area contributed by atoms with Gasteiger partial charge in [0.05, 0.1) is 5.02 Å². The van der Waals surface area contributed by atoms with Gasteiger partial charge in [-0.05, 0) is 29.8 Å². The van der Waals surface area contributed by atoms with Gasteiger partial charge in [-0.2, -0.15) is 0 Å². The zero-order chi connectivity index (χ0) is 11.4. The molecular weight excluding hydrogens is 243 g/mol. The second kappa shape index (κ2) is 5.24. The van der Waals surface area contributed by atoms with Crippen LogP contribution < -0.4 is 4.74 Å². The maximum atomic E-state index is 5.97. The van der Waals surface area contributed by atoms with Crippen molar-refractivity contribution < 1.29 is 4.74 Å². The van der Waals surface area contributed by atoms with Gasteiger partial charge in [-0.3, -0.25) is 0 Å². The van der Waals surface area contributed by atoms with Gasteiger partial charge in [0.25, 0.3) is 0 Å². The van der Waals surface area contributed by atoms with E-state index in [1.54, 1.807) is 6.07 Å². The van der Waals surface area contributed by atoms with Crippen LogP contribution in [0.2, 0.25) is 10.0 Å². The van der Waals surface area contributed by atoms with E-state index in [0.717, 1.165) is 5.56 Å². The highest BCUT2D eigenvalue weighted by Gasteiger charge is 2.00. The highest BCUT2D eigenvalue weighted by Crippen LogP contribution is 2.24. The zero-order valence-corrected chi connectivity index (χ0v) is 10.0. The van der Waals surface area contributed by atoms with Gasteiger partial charge in [0.2, 0.25) is 0 Å². The monoisotopic (exact) mass is 252 g/mol. The molecule has 0 radical (unpaired) electrons. The second-order valence-electron chi connectivity index (χ2n) is 3.35. The van der Waals surface area contributed by atoms with Gasteiger partial charge in [0.1, 0.15) is 12.4 Å². The number of para-hydroxylation sites is 1. The highest BCUT2D eigenvalue weighted by molar-refractivity contribution is 6.32. The summed E-state index contributed by atoms with van der Waals surface area (Å²) in [6.07, 6.45) is 0. The average Bonchev–Trinajstić information content (AvgIpc) is 2.28. The molecule has 0 heterocycles. The molecule has 1 nitrogen and oxygen atoms in total. The lowest BCUT2D eigenvalue weighted by Crippen LogP contribution is -1.95. The summed E-state index contributed by atoms with van der Waals surface area (Å²) in [5.41, 5.74) is 1.02. The molecule has 0 bridgehead atoms. The van der Waals surface area contributed by atoms with Crippen molar-refractivity contribution in [2.45, 2.75) is 6.61 Å². The fraction of sp³-hybridized carbons (Fsp3) is 0.0769. The van der Waals surface area contributed by atoms with E-state index in [9.17, 15) is 0 Å². The van der Waals surface area contributed by atoms with E-state index in [-0.39, 0.29) is 0 Å². The van der Waals surface area contributed by atoms with Gasteiger partial charge in [-0.1, -0.05) is 47.5 Å². The van der Waals surface area contributed by atoms with Crippen LogP contribution in [-0.2, 0) is 6.61 Å². The lowest BCUT2D eigenvalue weighted by atomic mass is 10.2. The number of rotatable bonds is 3. The van der Waals surface area contributed by atoms with E-state index in [2.05, 4.69) is 0 Å². The standard InChI is InChI=1S/C13H10Cl2O/c14-11-5-3-4-10(8-11)9-16-13-7-2-1-6-12(13)15/h1-8H,9H2. The van der Waals surface area contributed by atoms with Crippen LogP contribution in [0.25, 0.3) is 0 Å². The van der Waals surface area contributed by atoms with Gasteiger partial charge in [0, 0.05) is 5.02 Å². The van der Waals surface area contributed by atoms with Crippen LogP contribution in [0.4, 0.5) is 0 Å². The van der Waals surface area contributed by atoms with Crippen molar-refractivity contribution in [3.63, 3.8) is 0 Å². The van der Waals surface area contributed by atoms with E-state index in [4.69, 9.17) is 27.9 Å². The first-order valence-corrected chi connectivity index (χ1v) is 5.63. The van der Waals surface area contributed by atoms with Crippen LogP contribution in [0.1, 0.15) is 5.56 Å². The minimum Gasteiger partial charge on any atom is -0.487 e. The normalized spacial score (nSPS) is 10.1. The number of ether oxygens (including phenoxy) is 1. The Morgan fingerprint density at radius 1 is 0.938 bits per heavy atom. The molecule has 2 aromatic carbocycles. The van der Waals surface area contributed by atoms with Crippen LogP contribution in [0.3, 0.4) is 0 Å². The smallest absolute Gasteiger partial charge is 0.138 e. The first-order chi connectivity index (χ1) is 7.75. The molecule has 0 amide bonds. The van der Waals surface area contributed by atoms with Gasteiger partial charge in [0.15, 0.2) is 0 Å². The van der Waals surface area contributed by atoms with Crippen molar-refractivity contribution in [2.24, 2.45) is 0 Å². The highest BCUT2D eigenvalue weighted by atomic mass is 35.5. The van der Waals surface area contributed by atoms with Gasteiger partial charge >= 0.3 is 0 Å². The van der Waals surface area contributed by atoms with Crippen molar-refractivity contribution >= 4 is 23.2 Å². The summed E-state index contributed by atoms with van der Waals surface area (Å²) in [5, 5.41) is 1.32. The fourth-order valence-corrected chi connectivity index (χ4v) is 1.75. The van der Waals surface area contributed by atoms with Crippen LogP contribution in [0.15, 0.2) is 48.5 Å². The topological polar surface area (TPSA) is 9.23 Å². The van der Waals surface area contributed by atoms with Crippen LogP contribution in [0, 0.1) is 0 Å².